The van der Waals surface area contributed by atoms with Gasteiger partial charge in [-0.05, 0) is 29.3 Å². The highest BCUT2D eigenvalue weighted by Gasteiger charge is 1.94. The maximum atomic E-state index is 10.4. The largest absolute Gasteiger partial charge is 0.298 e. The van der Waals surface area contributed by atoms with Crippen LogP contribution in [0.5, 0.6) is 0 Å². The molecule has 0 aliphatic carbocycles. The van der Waals surface area contributed by atoms with E-state index in [4.69, 9.17) is 0 Å². The zero-order valence-electron chi connectivity index (χ0n) is 8.92. The van der Waals surface area contributed by atoms with E-state index in [9.17, 15) is 4.79 Å². The molecule has 0 bridgehead atoms. The summed E-state index contributed by atoms with van der Waals surface area (Å²) in [6.45, 7) is 0. The zero-order valence-corrected chi connectivity index (χ0v) is 11.1. The molecule has 0 saturated carbocycles. The quantitative estimate of drug-likeness (QED) is 0.321. The number of alkyl halides is 1. The minimum atomic E-state index is 0.767. The molecule has 0 aliphatic heterocycles. The molecule has 15 heavy (non-hydrogen) atoms. The van der Waals surface area contributed by atoms with Crippen LogP contribution in [0.3, 0.4) is 0 Å². The summed E-state index contributed by atoms with van der Waals surface area (Å²) < 4.78 is 1.27. The zero-order chi connectivity index (χ0) is 10.9. The highest BCUT2D eigenvalue weighted by atomic mass is 127. The van der Waals surface area contributed by atoms with Crippen LogP contribution in [0.4, 0.5) is 0 Å². The molecule has 0 spiro atoms. The van der Waals surface area contributed by atoms with E-state index in [0.29, 0.717) is 0 Å². The average molecular weight is 316 g/mol. The SMILES string of the molecule is O=Cc1ccc(CCCCCCI)cc1. The van der Waals surface area contributed by atoms with Crippen LogP contribution in [0.25, 0.3) is 0 Å². The molecule has 82 valence electrons. The first-order valence-electron chi connectivity index (χ1n) is 5.47. The van der Waals surface area contributed by atoms with Crippen molar-refractivity contribution in [3.05, 3.63) is 35.4 Å². The highest BCUT2D eigenvalue weighted by molar-refractivity contribution is 14.1. The Morgan fingerprint density at radius 2 is 1.67 bits per heavy atom. The number of unbranched alkanes of at least 4 members (excludes halogenated alkanes) is 3. The lowest BCUT2D eigenvalue weighted by atomic mass is 10.1. The van der Waals surface area contributed by atoms with Crippen molar-refractivity contribution in [1.29, 1.82) is 0 Å². The molecule has 0 amide bonds. The fraction of sp³-hybridized carbons (Fsp3) is 0.462. The number of aldehydes is 1. The molecule has 0 aliphatic rings. The van der Waals surface area contributed by atoms with Gasteiger partial charge in [-0.3, -0.25) is 4.79 Å². The Kier molecular flexibility index (Phi) is 6.64. The van der Waals surface area contributed by atoms with Gasteiger partial charge in [0.25, 0.3) is 0 Å². The second-order valence-corrected chi connectivity index (χ2v) is 4.79. The van der Waals surface area contributed by atoms with Crippen molar-refractivity contribution >= 4 is 28.9 Å². The molecule has 0 N–H and O–H groups in total. The Hall–Kier alpha value is -0.380. The van der Waals surface area contributed by atoms with E-state index in [1.54, 1.807) is 0 Å². The van der Waals surface area contributed by atoms with Gasteiger partial charge in [0, 0.05) is 5.56 Å². The van der Waals surface area contributed by atoms with Crippen LogP contribution < -0.4 is 0 Å². The summed E-state index contributed by atoms with van der Waals surface area (Å²) in [7, 11) is 0. The number of benzene rings is 1. The topological polar surface area (TPSA) is 17.1 Å². The molecule has 0 atom stereocenters. The third-order valence-electron chi connectivity index (χ3n) is 2.46. The standard InChI is InChI=1S/C13H17IO/c14-10-4-2-1-3-5-12-6-8-13(11-15)9-7-12/h6-9,11H,1-5,10H2. The Balaban J connectivity index is 2.22. The molecule has 0 aromatic heterocycles. The van der Waals surface area contributed by atoms with E-state index >= 15 is 0 Å². The first kappa shape index (κ1) is 12.7. The van der Waals surface area contributed by atoms with Crippen molar-refractivity contribution in [1.82, 2.24) is 0 Å². The number of carbonyl (C=O) groups excluding carboxylic acids is 1. The van der Waals surface area contributed by atoms with Gasteiger partial charge in [0.1, 0.15) is 6.29 Å². The number of aryl methyl sites for hydroxylation is 1. The van der Waals surface area contributed by atoms with E-state index in [1.165, 1.54) is 35.7 Å². The number of carbonyl (C=O) groups is 1. The summed E-state index contributed by atoms with van der Waals surface area (Å²) in [6, 6.07) is 7.91. The number of hydrogen-bond donors (Lipinski definition) is 0. The predicted octanol–water partition coefficient (Wildman–Crippen LogP) is 4.04. The second-order valence-electron chi connectivity index (χ2n) is 3.71. The molecule has 1 aromatic rings. The second kappa shape index (κ2) is 7.85. The van der Waals surface area contributed by atoms with E-state index in [-0.39, 0.29) is 0 Å². The molecule has 0 fully saturated rings. The summed E-state index contributed by atoms with van der Waals surface area (Å²) >= 11 is 2.43. The fourth-order valence-corrected chi connectivity index (χ4v) is 2.08. The molecule has 1 aromatic carbocycles. The fourth-order valence-electron chi connectivity index (χ4n) is 1.54. The van der Waals surface area contributed by atoms with Gasteiger partial charge in [0.2, 0.25) is 0 Å². The number of rotatable bonds is 7. The van der Waals surface area contributed by atoms with Crippen LogP contribution in [0.15, 0.2) is 24.3 Å². The number of halogens is 1. The van der Waals surface area contributed by atoms with Crippen LogP contribution in [-0.2, 0) is 6.42 Å². The Morgan fingerprint density at radius 1 is 1.00 bits per heavy atom. The van der Waals surface area contributed by atoms with E-state index in [2.05, 4.69) is 34.7 Å². The third kappa shape index (κ3) is 5.30. The highest BCUT2D eigenvalue weighted by Crippen LogP contribution is 2.09. The summed E-state index contributed by atoms with van der Waals surface area (Å²) in [4.78, 5) is 10.4. The lowest BCUT2D eigenvalue weighted by Crippen LogP contribution is -1.87. The van der Waals surface area contributed by atoms with E-state index in [0.717, 1.165) is 18.3 Å². The molecular weight excluding hydrogens is 299 g/mol. The Labute approximate surface area is 105 Å². The van der Waals surface area contributed by atoms with Crippen LogP contribution in [0, 0.1) is 0 Å². The van der Waals surface area contributed by atoms with Crippen molar-refractivity contribution in [3.63, 3.8) is 0 Å². The van der Waals surface area contributed by atoms with Crippen molar-refractivity contribution in [2.75, 3.05) is 4.43 Å². The maximum Gasteiger partial charge on any atom is 0.150 e. The van der Waals surface area contributed by atoms with Crippen LogP contribution >= 0.6 is 22.6 Å². The lowest BCUT2D eigenvalue weighted by Gasteiger charge is -2.01. The predicted molar refractivity (Wildman–Crippen MR) is 72.9 cm³/mol. The molecular formula is C13H17IO. The maximum absolute atomic E-state index is 10.4. The van der Waals surface area contributed by atoms with Crippen LogP contribution in [0.1, 0.15) is 41.6 Å². The Bertz CT molecular complexity index is 279. The molecule has 0 unspecified atom stereocenters. The van der Waals surface area contributed by atoms with Crippen molar-refractivity contribution in [2.45, 2.75) is 32.1 Å². The number of hydrogen-bond acceptors (Lipinski definition) is 1. The van der Waals surface area contributed by atoms with Gasteiger partial charge in [-0.2, -0.15) is 0 Å². The average Bonchev–Trinajstić information content (AvgIpc) is 2.30. The first-order valence-corrected chi connectivity index (χ1v) is 6.99. The van der Waals surface area contributed by atoms with Gasteiger partial charge in [0.15, 0.2) is 0 Å². The summed E-state index contributed by atoms with van der Waals surface area (Å²) in [5, 5.41) is 0. The molecule has 1 rings (SSSR count). The molecule has 0 heterocycles. The monoisotopic (exact) mass is 316 g/mol. The van der Waals surface area contributed by atoms with Gasteiger partial charge < -0.3 is 0 Å². The van der Waals surface area contributed by atoms with Gasteiger partial charge in [-0.25, -0.2) is 0 Å². The molecule has 1 nitrogen and oxygen atoms in total. The molecule has 0 saturated heterocycles. The third-order valence-corrected chi connectivity index (χ3v) is 3.23. The molecule has 2 heteroatoms. The van der Waals surface area contributed by atoms with Gasteiger partial charge >= 0.3 is 0 Å². The van der Waals surface area contributed by atoms with E-state index < -0.39 is 0 Å². The summed E-state index contributed by atoms with van der Waals surface area (Å²) in [5.41, 5.74) is 2.11. The van der Waals surface area contributed by atoms with Crippen molar-refractivity contribution in [3.8, 4) is 0 Å². The summed E-state index contributed by atoms with van der Waals surface area (Å²) in [6.07, 6.45) is 7.29. The minimum Gasteiger partial charge on any atom is -0.298 e. The minimum absolute atomic E-state index is 0.767. The van der Waals surface area contributed by atoms with E-state index in [1.807, 2.05) is 12.1 Å². The first-order chi connectivity index (χ1) is 7.36. The lowest BCUT2D eigenvalue weighted by molar-refractivity contribution is 0.112. The van der Waals surface area contributed by atoms with Crippen LogP contribution in [0.2, 0.25) is 0 Å². The van der Waals surface area contributed by atoms with Gasteiger partial charge in [-0.1, -0.05) is 59.7 Å². The van der Waals surface area contributed by atoms with Crippen LogP contribution in [-0.4, -0.2) is 10.7 Å². The Morgan fingerprint density at radius 3 is 2.27 bits per heavy atom. The van der Waals surface area contributed by atoms with Crippen molar-refractivity contribution < 1.29 is 4.79 Å². The van der Waals surface area contributed by atoms with Gasteiger partial charge in [0.05, 0.1) is 0 Å². The van der Waals surface area contributed by atoms with Gasteiger partial charge in [-0.15, -0.1) is 0 Å². The normalized spacial score (nSPS) is 10.2. The molecule has 0 radical (unpaired) electrons. The van der Waals surface area contributed by atoms with Crippen molar-refractivity contribution in [2.24, 2.45) is 0 Å². The smallest absolute Gasteiger partial charge is 0.150 e. The summed E-state index contributed by atoms with van der Waals surface area (Å²) in [5.74, 6) is 0.